The molecule has 1 aliphatic carbocycles. The van der Waals surface area contributed by atoms with Crippen molar-refractivity contribution in [1.29, 1.82) is 0 Å². The summed E-state index contributed by atoms with van der Waals surface area (Å²) < 4.78 is 0. The fraction of sp³-hybridized carbons (Fsp3) is 0.375. The minimum Gasteiger partial charge on any atom is -0.343 e. The molecule has 1 aliphatic rings. The number of anilines is 1. The van der Waals surface area contributed by atoms with Gasteiger partial charge in [-0.25, -0.2) is 0 Å². The Morgan fingerprint density at radius 2 is 2.04 bits per heavy atom. The summed E-state index contributed by atoms with van der Waals surface area (Å²) in [7, 11) is 3.32. The third-order valence-electron chi connectivity index (χ3n) is 3.91. The molecule has 2 amide bonds. The molecule has 3 rings (SSSR count). The van der Waals surface area contributed by atoms with Crippen LogP contribution >= 0.6 is 0 Å². The Labute approximate surface area is 134 Å². The zero-order chi connectivity index (χ0) is 16.4. The molecule has 2 aromatic rings. The van der Waals surface area contributed by atoms with E-state index in [0.717, 1.165) is 36.9 Å². The lowest BCUT2D eigenvalue weighted by atomic mass is 9.96. The molecule has 0 bridgehead atoms. The largest absolute Gasteiger partial charge is 0.343 e. The fourth-order valence-electron chi connectivity index (χ4n) is 2.71. The zero-order valence-corrected chi connectivity index (χ0v) is 13.2. The quantitative estimate of drug-likeness (QED) is 0.901. The first-order valence-electron chi connectivity index (χ1n) is 7.61. The van der Waals surface area contributed by atoms with E-state index in [2.05, 4.69) is 20.5 Å². The van der Waals surface area contributed by atoms with Gasteiger partial charge in [-0.3, -0.25) is 19.7 Å². The highest BCUT2D eigenvalue weighted by molar-refractivity contribution is 6.04. The van der Waals surface area contributed by atoms with Crippen LogP contribution in [-0.2, 0) is 12.8 Å². The van der Waals surface area contributed by atoms with Crippen LogP contribution < -0.4 is 5.32 Å². The SMILES string of the molecule is CN(C)C(=O)c1cc(NC(=O)c2n[nH]c3c2CCCC3)ccn1. The molecular formula is C16H19N5O2. The summed E-state index contributed by atoms with van der Waals surface area (Å²) in [6.07, 6.45) is 5.51. The van der Waals surface area contributed by atoms with E-state index in [-0.39, 0.29) is 17.5 Å². The Hall–Kier alpha value is -2.70. The molecule has 0 aliphatic heterocycles. The van der Waals surface area contributed by atoms with Crippen molar-refractivity contribution in [3.8, 4) is 0 Å². The van der Waals surface area contributed by atoms with Crippen molar-refractivity contribution in [3.05, 3.63) is 41.0 Å². The Morgan fingerprint density at radius 3 is 2.83 bits per heavy atom. The maximum Gasteiger partial charge on any atom is 0.276 e. The summed E-state index contributed by atoms with van der Waals surface area (Å²) in [6, 6.07) is 3.22. The second-order valence-electron chi connectivity index (χ2n) is 5.82. The first-order chi connectivity index (χ1) is 11.1. The third-order valence-corrected chi connectivity index (χ3v) is 3.91. The van der Waals surface area contributed by atoms with Crippen molar-refractivity contribution in [2.45, 2.75) is 25.7 Å². The maximum absolute atomic E-state index is 12.5. The summed E-state index contributed by atoms with van der Waals surface area (Å²) in [6.45, 7) is 0. The van der Waals surface area contributed by atoms with E-state index in [1.807, 2.05) is 0 Å². The van der Waals surface area contributed by atoms with Gasteiger partial charge in [0, 0.05) is 37.2 Å². The number of fused-ring (bicyclic) bond motifs is 1. The molecule has 23 heavy (non-hydrogen) atoms. The van der Waals surface area contributed by atoms with Crippen LogP contribution in [0.25, 0.3) is 0 Å². The van der Waals surface area contributed by atoms with Gasteiger partial charge >= 0.3 is 0 Å². The predicted molar refractivity (Wildman–Crippen MR) is 85.4 cm³/mol. The minimum absolute atomic E-state index is 0.210. The fourth-order valence-corrected chi connectivity index (χ4v) is 2.71. The number of aromatic nitrogens is 3. The molecule has 0 unspecified atom stereocenters. The second kappa shape index (κ2) is 6.20. The Morgan fingerprint density at radius 1 is 1.26 bits per heavy atom. The van der Waals surface area contributed by atoms with Crippen molar-refractivity contribution in [3.63, 3.8) is 0 Å². The highest BCUT2D eigenvalue weighted by Crippen LogP contribution is 2.23. The highest BCUT2D eigenvalue weighted by atomic mass is 16.2. The number of nitrogens with one attached hydrogen (secondary N) is 2. The number of nitrogens with zero attached hydrogens (tertiary/aromatic N) is 3. The maximum atomic E-state index is 12.5. The number of amides is 2. The summed E-state index contributed by atoms with van der Waals surface area (Å²) in [4.78, 5) is 29.9. The molecule has 0 saturated carbocycles. The van der Waals surface area contributed by atoms with Crippen molar-refractivity contribution in [2.75, 3.05) is 19.4 Å². The number of rotatable bonds is 3. The van der Waals surface area contributed by atoms with E-state index >= 15 is 0 Å². The first-order valence-corrected chi connectivity index (χ1v) is 7.61. The van der Waals surface area contributed by atoms with Gasteiger partial charge in [-0.05, 0) is 37.8 Å². The van der Waals surface area contributed by atoms with Crippen LogP contribution in [0.2, 0.25) is 0 Å². The van der Waals surface area contributed by atoms with Crippen molar-refractivity contribution < 1.29 is 9.59 Å². The summed E-state index contributed by atoms with van der Waals surface area (Å²) in [5.41, 5.74) is 3.32. The molecule has 2 N–H and O–H groups in total. The van der Waals surface area contributed by atoms with Crippen LogP contribution in [0.4, 0.5) is 5.69 Å². The normalized spacial score (nSPS) is 13.3. The minimum atomic E-state index is -0.265. The van der Waals surface area contributed by atoms with Gasteiger partial charge in [0.05, 0.1) is 0 Å². The third kappa shape index (κ3) is 3.08. The standard InChI is InChI=1S/C16H19N5O2/c1-21(2)16(23)13-9-10(7-8-17-13)18-15(22)14-11-5-3-4-6-12(11)19-20-14/h7-9H,3-6H2,1-2H3,(H,19,20)(H,17,18,22). The lowest BCUT2D eigenvalue weighted by Gasteiger charge is -2.12. The van der Waals surface area contributed by atoms with Crippen LogP contribution in [0.1, 0.15) is 45.1 Å². The topological polar surface area (TPSA) is 91.0 Å². The van der Waals surface area contributed by atoms with E-state index in [4.69, 9.17) is 0 Å². The molecule has 7 heteroatoms. The number of pyridine rings is 1. The number of hydrogen-bond acceptors (Lipinski definition) is 4. The number of aromatic amines is 1. The predicted octanol–water partition coefficient (Wildman–Crippen LogP) is 1.64. The molecule has 120 valence electrons. The van der Waals surface area contributed by atoms with Gasteiger partial charge in [-0.1, -0.05) is 0 Å². The van der Waals surface area contributed by atoms with E-state index in [1.54, 1.807) is 26.2 Å². The molecule has 7 nitrogen and oxygen atoms in total. The molecule has 2 heterocycles. The number of carbonyl (C=O) groups is 2. The lowest BCUT2D eigenvalue weighted by molar-refractivity contribution is 0.0821. The Balaban J connectivity index is 1.79. The van der Waals surface area contributed by atoms with E-state index in [0.29, 0.717) is 11.4 Å². The molecule has 0 radical (unpaired) electrons. The summed E-state index contributed by atoms with van der Waals surface area (Å²) in [5.74, 6) is -0.475. The van der Waals surface area contributed by atoms with Crippen LogP contribution in [0.15, 0.2) is 18.3 Å². The van der Waals surface area contributed by atoms with Crippen LogP contribution in [0.3, 0.4) is 0 Å². The number of aryl methyl sites for hydroxylation is 1. The van der Waals surface area contributed by atoms with Gasteiger partial charge < -0.3 is 10.2 Å². The van der Waals surface area contributed by atoms with Gasteiger partial charge in [0.25, 0.3) is 11.8 Å². The van der Waals surface area contributed by atoms with Gasteiger partial charge in [-0.15, -0.1) is 0 Å². The number of hydrogen-bond donors (Lipinski definition) is 2. The smallest absolute Gasteiger partial charge is 0.276 e. The summed E-state index contributed by atoms with van der Waals surface area (Å²) >= 11 is 0. The van der Waals surface area contributed by atoms with E-state index in [9.17, 15) is 9.59 Å². The molecule has 0 fully saturated rings. The van der Waals surface area contributed by atoms with Gasteiger partial charge in [-0.2, -0.15) is 5.10 Å². The van der Waals surface area contributed by atoms with Crippen molar-refractivity contribution >= 4 is 17.5 Å². The van der Waals surface area contributed by atoms with Gasteiger partial charge in [0.15, 0.2) is 5.69 Å². The van der Waals surface area contributed by atoms with Crippen molar-refractivity contribution in [2.24, 2.45) is 0 Å². The Bertz CT molecular complexity index is 751. The molecule has 0 spiro atoms. The molecular weight excluding hydrogens is 294 g/mol. The number of H-pyrrole nitrogens is 1. The van der Waals surface area contributed by atoms with Crippen LogP contribution in [0, 0.1) is 0 Å². The monoisotopic (exact) mass is 313 g/mol. The van der Waals surface area contributed by atoms with Crippen molar-refractivity contribution in [1.82, 2.24) is 20.1 Å². The average molecular weight is 313 g/mol. The van der Waals surface area contributed by atoms with Gasteiger partial charge in [0.2, 0.25) is 0 Å². The molecule has 2 aromatic heterocycles. The van der Waals surface area contributed by atoms with Crippen LogP contribution in [0.5, 0.6) is 0 Å². The van der Waals surface area contributed by atoms with E-state index in [1.165, 1.54) is 11.1 Å². The highest BCUT2D eigenvalue weighted by Gasteiger charge is 2.22. The molecule has 0 atom stereocenters. The lowest BCUT2D eigenvalue weighted by Crippen LogP contribution is -2.23. The molecule has 0 aromatic carbocycles. The van der Waals surface area contributed by atoms with E-state index < -0.39 is 0 Å². The van der Waals surface area contributed by atoms with Crippen LogP contribution in [-0.4, -0.2) is 46.0 Å². The van der Waals surface area contributed by atoms with Gasteiger partial charge in [0.1, 0.15) is 5.69 Å². The first kappa shape index (κ1) is 15.2. The average Bonchev–Trinajstić information content (AvgIpc) is 2.98. The second-order valence-corrected chi connectivity index (χ2v) is 5.82. The number of carbonyl (C=O) groups excluding carboxylic acids is 2. The molecule has 0 saturated heterocycles. The summed E-state index contributed by atoms with van der Waals surface area (Å²) in [5, 5.41) is 9.90. The Kier molecular flexibility index (Phi) is 4.10. The zero-order valence-electron chi connectivity index (χ0n) is 13.2.